The first kappa shape index (κ1) is 10.3. The molecule has 76 valence electrons. The van der Waals surface area contributed by atoms with Crippen molar-refractivity contribution in [2.75, 3.05) is 24.2 Å². The maximum absolute atomic E-state index is 11.0. The van der Waals surface area contributed by atoms with Crippen LogP contribution in [0.3, 0.4) is 0 Å². The minimum atomic E-state index is -0.322. The highest BCUT2D eigenvalue weighted by atomic mass is 16.5. The molecule has 5 nitrogen and oxygen atoms in total. The molecule has 0 saturated carbocycles. The standard InChI is InChI=1S/C9H13N3O2/c1-2-14-8(13)6-12-9-7(10)4-3-5-11-9/h3-5H,2,6,10H2,1H3,(H,11,12). The largest absolute Gasteiger partial charge is 0.465 e. The van der Waals surface area contributed by atoms with E-state index >= 15 is 0 Å². The molecule has 0 atom stereocenters. The average Bonchev–Trinajstić information content (AvgIpc) is 2.17. The predicted octanol–water partition coefficient (Wildman–Crippen LogP) is 0.639. The van der Waals surface area contributed by atoms with Crippen LogP contribution >= 0.6 is 0 Å². The van der Waals surface area contributed by atoms with Crippen molar-refractivity contribution in [1.29, 1.82) is 0 Å². The van der Waals surface area contributed by atoms with Crippen molar-refractivity contribution in [3.05, 3.63) is 18.3 Å². The summed E-state index contributed by atoms with van der Waals surface area (Å²) >= 11 is 0. The lowest BCUT2D eigenvalue weighted by atomic mass is 10.4. The number of nitrogen functional groups attached to an aromatic ring is 1. The van der Waals surface area contributed by atoms with Crippen LogP contribution in [0.2, 0.25) is 0 Å². The molecule has 1 aromatic rings. The van der Waals surface area contributed by atoms with Crippen LogP contribution in [-0.4, -0.2) is 24.1 Å². The molecule has 0 saturated heterocycles. The molecule has 0 aliphatic heterocycles. The van der Waals surface area contributed by atoms with E-state index in [1.165, 1.54) is 0 Å². The lowest BCUT2D eigenvalue weighted by Crippen LogP contribution is -2.17. The second-order valence-electron chi connectivity index (χ2n) is 2.60. The molecule has 0 amide bonds. The molecule has 0 radical (unpaired) electrons. The highest BCUT2D eigenvalue weighted by Gasteiger charge is 2.03. The Morgan fingerprint density at radius 3 is 3.14 bits per heavy atom. The summed E-state index contributed by atoms with van der Waals surface area (Å²) in [7, 11) is 0. The molecule has 3 N–H and O–H groups in total. The topological polar surface area (TPSA) is 77.2 Å². The quantitative estimate of drug-likeness (QED) is 0.689. The van der Waals surface area contributed by atoms with Gasteiger partial charge in [0.2, 0.25) is 0 Å². The molecule has 0 aromatic carbocycles. The van der Waals surface area contributed by atoms with E-state index in [0.717, 1.165) is 0 Å². The first-order valence-electron chi connectivity index (χ1n) is 4.34. The number of aromatic nitrogens is 1. The van der Waals surface area contributed by atoms with E-state index in [9.17, 15) is 4.79 Å². The van der Waals surface area contributed by atoms with Crippen LogP contribution in [0.25, 0.3) is 0 Å². The van der Waals surface area contributed by atoms with Gasteiger partial charge in [-0.25, -0.2) is 4.98 Å². The van der Waals surface area contributed by atoms with Gasteiger partial charge in [0.15, 0.2) is 0 Å². The predicted molar refractivity (Wildman–Crippen MR) is 53.8 cm³/mol. The maximum atomic E-state index is 11.0. The van der Waals surface area contributed by atoms with Crippen LogP contribution in [0.1, 0.15) is 6.92 Å². The molecule has 1 rings (SSSR count). The van der Waals surface area contributed by atoms with E-state index in [1.807, 2.05) is 0 Å². The van der Waals surface area contributed by atoms with Gasteiger partial charge in [-0.05, 0) is 19.1 Å². The number of esters is 1. The number of anilines is 2. The number of hydrogen-bond donors (Lipinski definition) is 2. The third kappa shape index (κ3) is 2.93. The fourth-order valence-electron chi connectivity index (χ4n) is 0.933. The van der Waals surface area contributed by atoms with E-state index in [1.54, 1.807) is 25.3 Å². The molecule has 0 bridgehead atoms. The molecule has 0 aliphatic rings. The third-order valence-corrected chi connectivity index (χ3v) is 1.54. The Hall–Kier alpha value is -1.78. The summed E-state index contributed by atoms with van der Waals surface area (Å²) in [6.07, 6.45) is 1.60. The Morgan fingerprint density at radius 2 is 2.50 bits per heavy atom. The van der Waals surface area contributed by atoms with Gasteiger partial charge in [0.25, 0.3) is 0 Å². The SMILES string of the molecule is CCOC(=O)CNc1ncccc1N. The zero-order chi connectivity index (χ0) is 10.4. The number of carbonyl (C=O) groups is 1. The van der Waals surface area contributed by atoms with Gasteiger partial charge in [-0.2, -0.15) is 0 Å². The van der Waals surface area contributed by atoms with E-state index in [0.29, 0.717) is 18.1 Å². The Labute approximate surface area is 82.3 Å². The smallest absolute Gasteiger partial charge is 0.325 e. The van der Waals surface area contributed by atoms with Crippen molar-refractivity contribution in [1.82, 2.24) is 4.98 Å². The van der Waals surface area contributed by atoms with Crippen molar-refractivity contribution < 1.29 is 9.53 Å². The van der Waals surface area contributed by atoms with Crippen LogP contribution in [0.5, 0.6) is 0 Å². The van der Waals surface area contributed by atoms with Gasteiger partial charge in [0.05, 0.1) is 12.3 Å². The van der Waals surface area contributed by atoms with Gasteiger partial charge in [-0.1, -0.05) is 0 Å². The highest BCUT2D eigenvalue weighted by Crippen LogP contribution is 2.11. The second-order valence-corrected chi connectivity index (χ2v) is 2.60. The monoisotopic (exact) mass is 195 g/mol. The summed E-state index contributed by atoms with van der Waals surface area (Å²) in [6, 6.07) is 3.44. The molecule has 14 heavy (non-hydrogen) atoms. The zero-order valence-corrected chi connectivity index (χ0v) is 7.99. The summed E-state index contributed by atoms with van der Waals surface area (Å²) in [5, 5.41) is 2.79. The molecule has 0 unspecified atom stereocenters. The van der Waals surface area contributed by atoms with Gasteiger partial charge in [0.1, 0.15) is 12.4 Å². The summed E-state index contributed by atoms with van der Waals surface area (Å²) in [5.41, 5.74) is 6.11. The van der Waals surface area contributed by atoms with Crippen molar-refractivity contribution in [3.63, 3.8) is 0 Å². The maximum Gasteiger partial charge on any atom is 0.325 e. The number of nitrogens with one attached hydrogen (secondary N) is 1. The number of rotatable bonds is 4. The molecule has 1 heterocycles. The second kappa shape index (κ2) is 5.06. The van der Waals surface area contributed by atoms with Crippen LogP contribution in [0, 0.1) is 0 Å². The van der Waals surface area contributed by atoms with Crippen molar-refractivity contribution in [3.8, 4) is 0 Å². The Morgan fingerprint density at radius 1 is 1.71 bits per heavy atom. The molecule has 0 fully saturated rings. The number of ether oxygens (including phenoxy) is 1. The summed E-state index contributed by atoms with van der Waals surface area (Å²) in [5.74, 6) is 0.179. The lowest BCUT2D eigenvalue weighted by Gasteiger charge is -2.06. The molecule has 5 heteroatoms. The number of hydrogen-bond acceptors (Lipinski definition) is 5. The number of pyridine rings is 1. The number of nitrogens with zero attached hydrogens (tertiary/aromatic N) is 1. The van der Waals surface area contributed by atoms with Gasteiger partial charge >= 0.3 is 5.97 Å². The van der Waals surface area contributed by atoms with Crippen molar-refractivity contribution in [2.45, 2.75) is 6.92 Å². The van der Waals surface area contributed by atoms with Crippen molar-refractivity contribution >= 4 is 17.5 Å². The summed E-state index contributed by atoms with van der Waals surface area (Å²) in [6.45, 7) is 2.21. The van der Waals surface area contributed by atoms with Crippen LogP contribution in [-0.2, 0) is 9.53 Å². The highest BCUT2D eigenvalue weighted by molar-refractivity contribution is 5.76. The van der Waals surface area contributed by atoms with E-state index in [2.05, 4.69) is 10.3 Å². The van der Waals surface area contributed by atoms with Gasteiger partial charge < -0.3 is 15.8 Å². The summed E-state index contributed by atoms with van der Waals surface area (Å²) < 4.78 is 4.73. The summed E-state index contributed by atoms with van der Waals surface area (Å²) in [4.78, 5) is 14.9. The Kier molecular flexibility index (Phi) is 3.72. The van der Waals surface area contributed by atoms with Crippen molar-refractivity contribution in [2.24, 2.45) is 0 Å². The molecular formula is C9H13N3O2. The molecular weight excluding hydrogens is 182 g/mol. The molecule has 1 aromatic heterocycles. The van der Waals surface area contributed by atoms with Crippen LogP contribution in [0.4, 0.5) is 11.5 Å². The number of carbonyl (C=O) groups excluding carboxylic acids is 1. The van der Waals surface area contributed by atoms with E-state index in [4.69, 9.17) is 10.5 Å². The third-order valence-electron chi connectivity index (χ3n) is 1.54. The first-order chi connectivity index (χ1) is 6.74. The first-order valence-corrected chi connectivity index (χ1v) is 4.34. The minimum absolute atomic E-state index is 0.0784. The van der Waals surface area contributed by atoms with Gasteiger partial charge in [0, 0.05) is 6.20 Å². The fourth-order valence-corrected chi connectivity index (χ4v) is 0.933. The molecule has 0 spiro atoms. The minimum Gasteiger partial charge on any atom is -0.465 e. The Bertz CT molecular complexity index is 315. The average molecular weight is 195 g/mol. The Balaban J connectivity index is 2.46. The fraction of sp³-hybridized carbons (Fsp3) is 0.333. The van der Waals surface area contributed by atoms with Gasteiger partial charge in [-0.15, -0.1) is 0 Å². The van der Waals surface area contributed by atoms with Crippen LogP contribution in [0.15, 0.2) is 18.3 Å². The van der Waals surface area contributed by atoms with Crippen LogP contribution < -0.4 is 11.1 Å². The van der Waals surface area contributed by atoms with Gasteiger partial charge in [-0.3, -0.25) is 4.79 Å². The number of nitrogens with two attached hydrogens (primary N) is 1. The van der Waals surface area contributed by atoms with E-state index < -0.39 is 0 Å². The normalized spacial score (nSPS) is 9.50. The lowest BCUT2D eigenvalue weighted by molar-refractivity contribution is -0.140. The van der Waals surface area contributed by atoms with E-state index in [-0.39, 0.29) is 12.5 Å². The molecule has 0 aliphatic carbocycles. The zero-order valence-electron chi connectivity index (χ0n) is 7.99.